The number of hydrogen-bond donors (Lipinski definition) is 3. The third-order valence-corrected chi connectivity index (χ3v) is 5.03. The highest BCUT2D eigenvalue weighted by Gasteiger charge is 2.28. The van der Waals surface area contributed by atoms with Crippen molar-refractivity contribution in [2.45, 2.75) is 36.6 Å². The second kappa shape index (κ2) is 5.76. The number of nitrogens with two attached hydrogens (primary N) is 2. The van der Waals surface area contributed by atoms with Crippen molar-refractivity contribution in [3.63, 3.8) is 0 Å². The van der Waals surface area contributed by atoms with Crippen molar-refractivity contribution in [2.24, 2.45) is 11.7 Å². The molecule has 8 heteroatoms. The van der Waals surface area contributed by atoms with Gasteiger partial charge in [0.15, 0.2) is 0 Å². The Morgan fingerprint density at radius 1 is 1.25 bits per heavy atom. The molecule has 1 fully saturated rings. The normalized spacial score (nSPS) is 23.4. The Kier molecular flexibility index (Phi) is 4.24. The van der Waals surface area contributed by atoms with Crippen LogP contribution in [0.4, 0.5) is 5.82 Å². The predicted molar refractivity (Wildman–Crippen MR) is 73.9 cm³/mol. The third kappa shape index (κ3) is 3.45. The van der Waals surface area contributed by atoms with Crippen LogP contribution in [-0.4, -0.2) is 25.4 Å². The maximum absolute atomic E-state index is 12.1. The summed E-state index contributed by atoms with van der Waals surface area (Å²) in [4.78, 5) is 14.9. The Morgan fingerprint density at radius 3 is 2.40 bits per heavy atom. The van der Waals surface area contributed by atoms with E-state index in [1.54, 1.807) is 0 Å². The summed E-state index contributed by atoms with van der Waals surface area (Å²) in [7, 11) is -3.60. The highest BCUT2D eigenvalue weighted by Crippen LogP contribution is 2.25. The lowest BCUT2D eigenvalue weighted by atomic mass is 9.86. The summed E-state index contributed by atoms with van der Waals surface area (Å²) in [6.45, 7) is 0. The van der Waals surface area contributed by atoms with Gasteiger partial charge >= 0.3 is 0 Å². The molecule has 0 aliphatic heterocycles. The summed E-state index contributed by atoms with van der Waals surface area (Å²) in [5, 5.41) is 0. The molecule has 1 heterocycles. The summed E-state index contributed by atoms with van der Waals surface area (Å²) in [5.74, 6) is -0.186. The van der Waals surface area contributed by atoms with E-state index < -0.39 is 10.0 Å². The highest BCUT2D eigenvalue weighted by atomic mass is 32.2. The van der Waals surface area contributed by atoms with Gasteiger partial charge < -0.3 is 11.5 Å². The van der Waals surface area contributed by atoms with Crippen LogP contribution in [0, 0.1) is 5.92 Å². The van der Waals surface area contributed by atoms with E-state index in [1.165, 1.54) is 18.3 Å². The number of pyridine rings is 1. The van der Waals surface area contributed by atoms with E-state index in [-0.39, 0.29) is 28.6 Å². The molecule has 0 atom stereocenters. The quantitative estimate of drug-likeness (QED) is 0.720. The van der Waals surface area contributed by atoms with Crippen molar-refractivity contribution >= 4 is 21.7 Å². The molecule has 0 aromatic carbocycles. The molecular formula is C12H18N4O3S. The van der Waals surface area contributed by atoms with E-state index in [2.05, 4.69) is 9.71 Å². The molecule has 1 aromatic heterocycles. The molecule has 2 rings (SSSR count). The summed E-state index contributed by atoms with van der Waals surface area (Å²) >= 11 is 0. The van der Waals surface area contributed by atoms with Gasteiger partial charge in [-0.05, 0) is 37.8 Å². The maximum atomic E-state index is 12.1. The molecule has 1 amide bonds. The monoisotopic (exact) mass is 298 g/mol. The molecule has 1 saturated carbocycles. The summed E-state index contributed by atoms with van der Waals surface area (Å²) in [6, 6.07) is 2.69. The van der Waals surface area contributed by atoms with Crippen LogP contribution in [0.1, 0.15) is 25.7 Å². The van der Waals surface area contributed by atoms with Crippen molar-refractivity contribution in [2.75, 3.05) is 5.73 Å². The molecule has 0 spiro atoms. The van der Waals surface area contributed by atoms with E-state index in [4.69, 9.17) is 11.5 Å². The first-order valence-electron chi connectivity index (χ1n) is 6.41. The Morgan fingerprint density at radius 2 is 1.90 bits per heavy atom. The lowest BCUT2D eigenvalue weighted by molar-refractivity contribution is -0.122. The van der Waals surface area contributed by atoms with Crippen LogP contribution in [0.5, 0.6) is 0 Å². The summed E-state index contributed by atoms with van der Waals surface area (Å²) < 4.78 is 26.9. The number of carbonyl (C=O) groups excluding carboxylic acids is 1. The lowest BCUT2D eigenvalue weighted by Gasteiger charge is -2.27. The molecule has 0 bridgehead atoms. The van der Waals surface area contributed by atoms with Crippen molar-refractivity contribution < 1.29 is 13.2 Å². The lowest BCUT2D eigenvalue weighted by Crippen LogP contribution is -2.39. The fourth-order valence-electron chi connectivity index (χ4n) is 2.33. The largest absolute Gasteiger partial charge is 0.384 e. The molecule has 0 saturated heterocycles. The van der Waals surface area contributed by atoms with E-state index in [0.29, 0.717) is 25.7 Å². The van der Waals surface area contributed by atoms with Gasteiger partial charge in [0.25, 0.3) is 0 Å². The van der Waals surface area contributed by atoms with E-state index in [9.17, 15) is 13.2 Å². The van der Waals surface area contributed by atoms with Crippen molar-refractivity contribution in [3.8, 4) is 0 Å². The zero-order valence-corrected chi connectivity index (χ0v) is 11.8. The Hall–Kier alpha value is -1.67. The predicted octanol–water partition coefficient (Wildman–Crippen LogP) is -0.0138. The second-order valence-electron chi connectivity index (χ2n) is 4.99. The second-order valence-corrected chi connectivity index (χ2v) is 6.70. The maximum Gasteiger partial charge on any atom is 0.242 e. The minimum absolute atomic E-state index is 0.0868. The highest BCUT2D eigenvalue weighted by molar-refractivity contribution is 7.89. The SMILES string of the molecule is NC(=O)C1CCC(NS(=O)(=O)c2ccc(N)nc2)CC1. The third-order valence-electron chi connectivity index (χ3n) is 3.52. The molecule has 5 N–H and O–H groups in total. The zero-order valence-electron chi connectivity index (χ0n) is 11.0. The van der Waals surface area contributed by atoms with E-state index in [1.807, 2.05) is 0 Å². The van der Waals surface area contributed by atoms with Gasteiger partial charge in [-0.25, -0.2) is 18.1 Å². The van der Waals surface area contributed by atoms with Gasteiger partial charge in [0.05, 0.1) is 0 Å². The number of anilines is 1. The number of primary amides is 1. The van der Waals surface area contributed by atoms with Gasteiger partial charge in [-0.2, -0.15) is 0 Å². The van der Waals surface area contributed by atoms with Crippen LogP contribution in [0.15, 0.2) is 23.2 Å². The molecule has 110 valence electrons. The first-order chi connectivity index (χ1) is 9.38. The van der Waals surface area contributed by atoms with Gasteiger partial charge in [0.2, 0.25) is 15.9 Å². The van der Waals surface area contributed by atoms with Gasteiger partial charge in [-0.1, -0.05) is 0 Å². The van der Waals surface area contributed by atoms with Gasteiger partial charge in [0.1, 0.15) is 10.7 Å². The molecule has 1 aliphatic rings. The molecule has 7 nitrogen and oxygen atoms in total. The van der Waals surface area contributed by atoms with Crippen molar-refractivity contribution in [3.05, 3.63) is 18.3 Å². The average Bonchev–Trinajstić information content (AvgIpc) is 2.39. The first-order valence-corrected chi connectivity index (χ1v) is 7.90. The summed E-state index contributed by atoms with van der Waals surface area (Å²) in [5.41, 5.74) is 10.7. The number of amides is 1. The van der Waals surface area contributed by atoms with Crippen LogP contribution in [0.3, 0.4) is 0 Å². The smallest absolute Gasteiger partial charge is 0.242 e. The van der Waals surface area contributed by atoms with Crippen LogP contribution in [0.25, 0.3) is 0 Å². The minimum atomic E-state index is -3.60. The molecule has 0 unspecified atom stereocenters. The fraction of sp³-hybridized carbons (Fsp3) is 0.500. The number of sulfonamides is 1. The van der Waals surface area contributed by atoms with Crippen LogP contribution < -0.4 is 16.2 Å². The molecule has 1 aromatic rings. The number of rotatable bonds is 4. The summed E-state index contributed by atoms with van der Waals surface area (Å²) in [6.07, 6.45) is 3.67. The fourth-order valence-corrected chi connectivity index (χ4v) is 3.58. The van der Waals surface area contributed by atoms with E-state index in [0.717, 1.165) is 0 Å². The van der Waals surface area contributed by atoms with Gasteiger partial charge in [-0.3, -0.25) is 4.79 Å². The first kappa shape index (κ1) is 14.7. The van der Waals surface area contributed by atoms with Crippen LogP contribution in [0.2, 0.25) is 0 Å². The number of nitrogen functional groups attached to an aromatic ring is 1. The topological polar surface area (TPSA) is 128 Å². The number of hydrogen-bond acceptors (Lipinski definition) is 5. The number of carbonyl (C=O) groups is 1. The zero-order chi connectivity index (χ0) is 14.8. The number of nitrogens with zero attached hydrogens (tertiary/aromatic N) is 1. The standard InChI is InChI=1S/C12H18N4O3S/c13-11-6-5-10(7-15-11)20(18,19)16-9-3-1-8(2-4-9)12(14)17/h5-9,16H,1-4H2,(H2,13,15)(H2,14,17). The Labute approximate surface area is 117 Å². The van der Waals surface area contributed by atoms with Crippen LogP contribution in [-0.2, 0) is 14.8 Å². The Bertz CT molecular complexity index is 577. The number of aromatic nitrogens is 1. The Balaban J connectivity index is 2.00. The molecule has 1 aliphatic carbocycles. The molecule has 20 heavy (non-hydrogen) atoms. The van der Waals surface area contributed by atoms with E-state index >= 15 is 0 Å². The van der Waals surface area contributed by atoms with Crippen molar-refractivity contribution in [1.29, 1.82) is 0 Å². The molecular weight excluding hydrogens is 280 g/mol. The van der Waals surface area contributed by atoms with Crippen molar-refractivity contribution in [1.82, 2.24) is 9.71 Å². The average molecular weight is 298 g/mol. The number of nitrogens with one attached hydrogen (secondary N) is 1. The minimum Gasteiger partial charge on any atom is -0.384 e. The van der Waals surface area contributed by atoms with Gasteiger partial charge in [0, 0.05) is 18.2 Å². The molecule has 0 radical (unpaired) electrons. The van der Waals surface area contributed by atoms with Gasteiger partial charge in [-0.15, -0.1) is 0 Å². The van der Waals surface area contributed by atoms with Crippen LogP contribution >= 0.6 is 0 Å².